The van der Waals surface area contributed by atoms with Gasteiger partial charge in [-0.15, -0.1) is 0 Å². The van der Waals surface area contributed by atoms with E-state index in [0.717, 1.165) is 0 Å². The monoisotopic (exact) mass is 403 g/mol. The molecular weight excluding hydrogens is 384 g/mol. The molecule has 0 amide bonds. The van der Waals surface area contributed by atoms with Gasteiger partial charge in [0.15, 0.2) is 17.2 Å². The van der Waals surface area contributed by atoms with Crippen LogP contribution in [0.1, 0.15) is 25.0 Å². The smallest absolute Gasteiger partial charge is 0.387 e. The molecule has 1 aliphatic rings. The van der Waals surface area contributed by atoms with Gasteiger partial charge in [-0.3, -0.25) is 0 Å². The van der Waals surface area contributed by atoms with Crippen molar-refractivity contribution >= 4 is 17.9 Å². The van der Waals surface area contributed by atoms with Gasteiger partial charge in [0.25, 0.3) is 0 Å². The van der Waals surface area contributed by atoms with E-state index in [2.05, 4.69) is 9.73 Å². The van der Waals surface area contributed by atoms with E-state index < -0.39 is 12.6 Å². The molecule has 8 heteroatoms. The Morgan fingerprint density at radius 1 is 1.03 bits per heavy atom. The van der Waals surface area contributed by atoms with E-state index in [9.17, 15) is 13.6 Å². The second kappa shape index (κ2) is 9.18. The summed E-state index contributed by atoms with van der Waals surface area (Å²) in [5.41, 5.74) is 0.670. The fourth-order valence-electron chi connectivity index (χ4n) is 2.73. The number of rotatable bonds is 8. The number of halogens is 2. The zero-order chi connectivity index (χ0) is 20.8. The minimum Gasteiger partial charge on any atom is -0.493 e. The van der Waals surface area contributed by atoms with Crippen LogP contribution >= 0.6 is 0 Å². The third-order valence-electron chi connectivity index (χ3n) is 3.85. The summed E-state index contributed by atoms with van der Waals surface area (Å²) in [5.74, 6) is -0.163. The molecule has 0 unspecified atom stereocenters. The largest absolute Gasteiger partial charge is 0.493 e. The molecule has 152 valence electrons. The fourth-order valence-corrected chi connectivity index (χ4v) is 2.73. The Kier molecular flexibility index (Phi) is 6.43. The first kappa shape index (κ1) is 20.3. The standard InChI is InChI=1S/C21H19F2NO5/c1-3-26-16-10-6-5-9-14(16)19-24-15(20(25)29-19)12-13-8-7-11-17(27-4-2)18(13)28-21(22)23/h5-12,21H,3-4H2,1-2H3/b15-12-. The Morgan fingerprint density at radius 3 is 2.45 bits per heavy atom. The van der Waals surface area contributed by atoms with Gasteiger partial charge >= 0.3 is 12.6 Å². The molecule has 29 heavy (non-hydrogen) atoms. The van der Waals surface area contributed by atoms with Crippen molar-refractivity contribution in [1.82, 2.24) is 0 Å². The molecule has 2 aromatic rings. The Morgan fingerprint density at radius 2 is 1.72 bits per heavy atom. The third-order valence-corrected chi connectivity index (χ3v) is 3.85. The van der Waals surface area contributed by atoms with Crippen molar-refractivity contribution in [3.8, 4) is 17.2 Å². The summed E-state index contributed by atoms with van der Waals surface area (Å²) in [4.78, 5) is 16.5. The average Bonchev–Trinajstić information content (AvgIpc) is 3.05. The number of alkyl halides is 2. The lowest BCUT2D eigenvalue weighted by molar-refractivity contribution is -0.129. The lowest BCUT2D eigenvalue weighted by Crippen LogP contribution is -2.08. The highest BCUT2D eigenvalue weighted by Gasteiger charge is 2.27. The SMILES string of the molecule is CCOc1ccccc1C1=N/C(=C\c2cccc(OCC)c2OC(F)F)C(=O)O1. The number of carbonyl (C=O) groups excluding carboxylic acids is 1. The topological polar surface area (TPSA) is 66.3 Å². The molecule has 0 radical (unpaired) electrons. The van der Waals surface area contributed by atoms with E-state index in [1.807, 2.05) is 6.92 Å². The summed E-state index contributed by atoms with van der Waals surface area (Å²) < 4.78 is 46.5. The van der Waals surface area contributed by atoms with Crippen LogP contribution in [0, 0.1) is 0 Å². The zero-order valence-electron chi connectivity index (χ0n) is 15.9. The molecule has 3 rings (SSSR count). The highest BCUT2D eigenvalue weighted by Crippen LogP contribution is 2.35. The first-order chi connectivity index (χ1) is 14.0. The number of carbonyl (C=O) groups is 1. The number of nitrogens with zero attached hydrogens (tertiary/aromatic N) is 1. The number of esters is 1. The molecule has 6 nitrogen and oxygen atoms in total. The predicted octanol–water partition coefficient (Wildman–Crippen LogP) is 4.43. The number of cyclic esters (lactones) is 1. The maximum atomic E-state index is 12.9. The van der Waals surface area contributed by atoms with Crippen LogP contribution in [0.5, 0.6) is 17.2 Å². The highest BCUT2D eigenvalue weighted by molar-refractivity contribution is 6.13. The van der Waals surface area contributed by atoms with Crippen molar-refractivity contribution in [1.29, 1.82) is 0 Å². The summed E-state index contributed by atoms with van der Waals surface area (Å²) >= 11 is 0. The molecule has 1 heterocycles. The van der Waals surface area contributed by atoms with Crippen LogP contribution in [0.3, 0.4) is 0 Å². The minimum atomic E-state index is -3.05. The highest BCUT2D eigenvalue weighted by atomic mass is 19.3. The van der Waals surface area contributed by atoms with Gasteiger partial charge in [-0.2, -0.15) is 8.78 Å². The number of hydrogen-bond donors (Lipinski definition) is 0. The van der Waals surface area contributed by atoms with Gasteiger partial charge < -0.3 is 18.9 Å². The number of hydrogen-bond acceptors (Lipinski definition) is 6. The summed E-state index contributed by atoms with van der Waals surface area (Å²) in [5, 5.41) is 0. The van der Waals surface area contributed by atoms with Crippen molar-refractivity contribution in [3.05, 3.63) is 59.3 Å². The molecule has 0 aromatic heterocycles. The lowest BCUT2D eigenvalue weighted by atomic mass is 10.1. The molecule has 2 aromatic carbocycles. The van der Waals surface area contributed by atoms with Crippen molar-refractivity contribution in [2.24, 2.45) is 4.99 Å². The first-order valence-electron chi connectivity index (χ1n) is 8.98. The fraction of sp³-hybridized carbons (Fsp3) is 0.238. The molecular formula is C21H19F2NO5. The van der Waals surface area contributed by atoms with Gasteiger partial charge in [0, 0.05) is 5.56 Å². The molecule has 0 N–H and O–H groups in total. The molecule has 1 aliphatic heterocycles. The number of para-hydroxylation sites is 2. The van der Waals surface area contributed by atoms with Gasteiger partial charge in [-0.1, -0.05) is 24.3 Å². The van der Waals surface area contributed by atoms with Gasteiger partial charge in [-0.25, -0.2) is 9.79 Å². The predicted molar refractivity (Wildman–Crippen MR) is 102 cm³/mol. The second-order valence-electron chi connectivity index (χ2n) is 5.75. The van der Waals surface area contributed by atoms with Crippen LogP contribution in [-0.2, 0) is 9.53 Å². The van der Waals surface area contributed by atoms with Crippen molar-refractivity contribution in [2.45, 2.75) is 20.5 Å². The minimum absolute atomic E-state index is 0.0564. The Hall–Kier alpha value is -3.42. The van der Waals surface area contributed by atoms with E-state index in [1.165, 1.54) is 18.2 Å². The quantitative estimate of drug-likeness (QED) is 0.482. The van der Waals surface area contributed by atoms with Gasteiger partial charge in [0.2, 0.25) is 5.90 Å². The maximum absolute atomic E-state index is 12.9. The molecule has 0 atom stereocenters. The van der Waals surface area contributed by atoms with Crippen molar-refractivity contribution < 1.29 is 32.5 Å². The Labute approximate surface area is 166 Å². The molecule has 0 saturated carbocycles. The Balaban J connectivity index is 2.01. The van der Waals surface area contributed by atoms with Crippen LogP contribution in [0.4, 0.5) is 8.78 Å². The second-order valence-corrected chi connectivity index (χ2v) is 5.75. The van der Waals surface area contributed by atoms with Crippen LogP contribution in [0.25, 0.3) is 6.08 Å². The maximum Gasteiger partial charge on any atom is 0.387 e. The van der Waals surface area contributed by atoms with Crippen LogP contribution < -0.4 is 14.2 Å². The molecule has 0 saturated heterocycles. The third kappa shape index (κ3) is 4.71. The van der Waals surface area contributed by atoms with Crippen LogP contribution in [-0.4, -0.2) is 31.7 Å². The van der Waals surface area contributed by atoms with Gasteiger partial charge in [0.05, 0.1) is 18.8 Å². The van der Waals surface area contributed by atoms with E-state index in [0.29, 0.717) is 17.9 Å². The lowest BCUT2D eigenvalue weighted by Gasteiger charge is -2.13. The summed E-state index contributed by atoms with van der Waals surface area (Å²) in [7, 11) is 0. The van der Waals surface area contributed by atoms with Crippen LogP contribution in [0.2, 0.25) is 0 Å². The van der Waals surface area contributed by atoms with Crippen molar-refractivity contribution in [2.75, 3.05) is 13.2 Å². The molecule has 0 bridgehead atoms. The first-order valence-corrected chi connectivity index (χ1v) is 8.98. The van der Waals surface area contributed by atoms with E-state index in [1.54, 1.807) is 37.3 Å². The normalized spacial score (nSPS) is 14.7. The van der Waals surface area contributed by atoms with Gasteiger partial charge in [-0.05, 0) is 38.1 Å². The summed E-state index contributed by atoms with van der Waals surface area (Å²) in [6.45, 7) is 1.19. The van der Waals surface area contributed by atoms with E-state index in [4.69, 9.17) is 14.2 Å². The van der Waals surface area contributed by atoms with Crippen LogP contribution in [0.15, 0.2) is 53.2 Å². The number of ether oxygens (including phenoxy) is 4. The van der Waals surface area contributed by atoms with E-state index in [-0.39, 0.29) is 35.3 Å². The zero-order valence-corrected chi connectivity index (χ0v) is 15.9. The summed E-state index contributed by atoms with van der Waals surface area (Å²) in [6.07, 6.45) is 1.32. The molecule has 0 spiro atoms. The molecule has 0 aliphatic carbocycles. The number of aliphatic imine (C=N–C) groups is 1. The Bertz CT molecular complexity index is 956. The average molecular weight is 403 g/mol. The van der Waals surface area contributed by atoms with Gasteiger partial charge in [0.1, 0.15) is 5.75 Å². The van der Waals surface area contributed by atoms with E-state index >= 15 is 0 Å². The van der Waals surface area contributed by atoms with Crippen molar-refractivity contribution in [3.63, 3.8) is 0 Å². The summed E-state index contributed by atoms with van der Waals surface area (Å²) in [6, 6.07) is 11.6. The molecule has 0 fully saturated rings. The number of benzene rings is 2.